The van der Waals surface area contributed by atoms with Crippen LogP contribution in [0, 0.1) is 5.92 Å². The van der Waals surface area contributed by atoms with Crippen LogP contribution in [0.5, 0.6) is 0 Å². The van der Waals surface area contributed by atoms with E-state index in [9.17, 15) is 0 Å². The maximum Gasteiger partial charge on any atom is 0.0985 e. The van der Waals surface area contributed by atoms with Crippen molar-refractivity contribution < 1.29 is 9.47 Å². The van der Waals surface area contributed by atoms with Crippen molar-refractivity contribution in [2.75, 3.05) is 26.3 Å². The fraction of sp³-hybridized carbons (Fsp3) is 0.474. The van der Waals surface area contributed by atoms with Crippen molar-refractivity contribution >= 4 is 0 Å². The average Bonchev–Trinajstić information content (AvgIpc) is 3.00. The van der Waals surface area contributed by atoms with E-state index in [0.717, 1.165) is 45.0 Å². The first-order chi connectivity index (χ1) is 11.8. The summed E-state index contributed by atoms with van der Waals surface area (Å²) >= 11 is 0. The van der Waals surface area contributed by atoms with Gasteiger partial charge in [0.15, 0.2) is 0 Å². The van der Waals surface area contributed by atoms with Crippen molar-refractivity contribution in [3.63, 3.8) is 0 Å². The molecule has 5 heteroatoms. The van der Waals surface area contributed by atoms with Crippen LogP contribution in [-0.4, -0.2) is 46.8 Å². The molecule has 2 saturated heterocycles. The third kappa shape index (κ3) is 3.34. The van der Waals surface area contributed by atoms with Gasteiger partial charge in [0.1, 0.15) is 0 Å². The molecule has 1 atom stereocenters. The number of nitrogens with zero attached hydrogens (tertiary/aromatic N) is 3. The van der Waals surface area contributed by atoms with E-state index < -0.39 is 0 Å². The zero-order valence-corrected chi connectivity index (χ0v) is 13.8. The minimum atomic E-state index is -0.00283. The first-order valence-electron chi connectivity index (χ1n) is 8.57. The molecule has 0 radical (unpaired) electrons. The van der Waals surface area contributed by atoms with Crippen molar-refractivity contribution in [2.24, 2.45) is 5.92 Å². The van der Waals surface area contributed by atoms with Crippen LogP contribution in [0.25, 0.3) is 0 Å². The molecule has 1 spiro atoms. The van der Waals surface area contributed by atoms with E-state index in [1.165, 1.54) is 5.56 Å². The van der Waals surface area contributed by atoms with E-state index in [4.69, 9.17) is 9.47 Å². The maximum absolute atomic E-state index is 6.11. The van der Waals surface area contributed by atoms with E-state index in [1.807, 2.05) is 36.8 Å². The van der Waals surface area contributed by atoms with Crippen molar-refractivity contribution in [2.45, 2.75) is 25.2 Å². The predicted molar refractivity (Wildman–Crippen MR) is 90.2 cm³/mol. The van der Waals surface area contributed by atoms with E-state index in [1.54, 1.807) is 0 Å². The minimum absolute atomic E-state index is 0.00283. The Labute approximate surface area is 142 Å². The predicted octanol–water partition coefficient (Wildman–Crippen LogP) is 2.28. The summed E-state index contributed by atoms with van der Waals surface area (Å²) in [5, 5.41) is 0. The highest BCUT2D eigenvalue weighted by Crippen LogP contribution is 2.40. The number of ether oxygens (including phenoxy) is 2. The Morgan fingerprint density at radius 1 is 1.17 bits per heavy atom. The molecule has 0 aromatic carbocycles. The van der Waals surface area contributed by atoms with E-state index in [2.05, 4.69) is 27.0 Å². The quantitative estimate of drug-likeness (QED) is 0.815. The molecule has 2 fully saturated rings. The molecule has 4 heterocycles. The number of hydrogen-bond donors (Lipinski definition) is 0. The summed E-state index contributed by atoms with van der Waals surface area (Å²) in [4.78, 5) is 10.8. The standard InChI is InChI=1S/C19H23N3O2/c1-2-7-21-18(3-1)13-23-12-17-6-10-24-19(17)14-22(15-19)11-16-4-8-20-9-5-16/h1-5,7-9,17H,6,10-15H2. The van der Waals surface area contributed by atoms with Crippen molar-refractivity contribution in [1.29, 1.82) is 0 Å². The Kier molecular flexibility index (Phi) is 4.56. The van der Waals surface area contributed by atoms with Crippen LogP contribution in [0.2, 0.25) is 0 Å². The van der Waals surface area contributed by atoms with Gasteiger partial charge in [-0.2, -0.15) is 0 Å². The molecule has 2 aliphatic heterocycles. The summed E-state index contributed by atoms with van der Waals surface area (Å²) in [5.41, 5.74) is 2.29. The molecule has 126 valence electrons. The second kappa shape index (κ2) is 6.97. The molecule has 2 aromatic heterocycles. The van der Waals surface area contributed by atoms with Crippen LogP contribution >= 0.6 is 0 Å². The maximum atomic E-state index is 6.11. The summed E-state index contributed by atoms with van der Waals surface area (Å²) in [7, 11) is 0. The Balaban J connectivity index is 1.27. The number of likely N-dealkylation sites (tertiary alicyclic amines) is 1. The summed E-state index contributed by atoms with van der Waals surface area (Å²) in [6.45, 7) is 5.13. The third-order valence-corrected chi connectivity index (χ3v) is 5.03. The fourth-order valence-corrected chi connectivity index (χ4v) is 3.73. The van der Waals surface area contributed by atoms with Gasteiger partial charge in [0.05, 0.1) is 24.5 Å². The van der Waals surface area contributed by atoms with Crippen LogP contribution in [0.15, 0.2) is 48.9 Å². The van der Waals surface area contributed by atoms with Gasteiger partial charge < -0.3 is 9.47 Å². The lowest BCUT2D eigenvalue weighted by molar-refractivity contribution is -0.146. The summed E-state index contributed by atoms with van der Waals surface area (Å²) in [6.07, 6.45) is 6.60. The normalized spacial score (nSPS) is 22.6. The van der Waals surface area contributed by atoms with Crippen LogP contribution in [0.3, 0.4) is 0 Å². The number of aromatic nitrogens is 2. The van der Waals surface area contributed by atoms with Crippen molar-refractivity contribution in [3.05, 3.63) is 60.2 Å². The molecular weight excluding hydrogens is 302 g/mol. The zero-order chi connectivity index (χ0) is 16.2. The molecule has 0 aliphatic carbocycles. The summed E-state index contributed by atoms with van der Waals surface area (Å²) < 4.78 is 12.0. The van der Waals surface area contributed by atoms with Gasteiger partial charge in [0.25, 0.3) is 0 Å². The molecule has 2 aliphatic rings. The van der Waals surface area contributed by atoms with Gasteiger partial charge in [-0.3, -0.25) is 14.9 Å². The highest BCUT2D eigenvalue weighted by molar-refractivity contribution is 5.13. The molecule has 5 nitrogen and oxygen atoms in total. The number of rotatable bonds is 6. The third-order valence-electron chi connectivity index (χ3n) is 5.03. The lowest BCUT2D eigenvalue weighted by atomic mass is 9.81. The summed E-state index contributed by atoms with van der Waals surface area (Å²) in [5.74, 6) is 0.481. The van der Waals surface area contributed by atoms with Crippen LogP contribution in [0.1, 0.15) is 17.7 Å². The minimum Gasteiger partial charge on any atom is -0.375 e. The molecular formula is C19H23N3O2. The van der Waals surface area contributed by atoms with Crippen molar-refractivity contribution in [3.8, 4) is 0 Å². The lowest BCUT2D eigenvalue weighted by Crippen LogP contribution is -2.64. The lowest BCUT2D eigenvalue weighted by Gasteiger charge is -2.50. The Morgan fingerprint density at radius 2 is 2.04 bits per heavy atom. The SMILES string of the molecule is c1ccc(COCC2CCOC23CN(Cc2ccncc2)C3)nc1. The van der Waals surface area contributed by atoms with Gasteiger partial charge in [-0.25, -0.2) is 0 Å². The van der Waals surface area contributed by atoms with Gasteiger partial charge in [-0.15, -0.1) is 0 Å². The van der Waals surface area contributed by atoms with Crippen LogP contribution in [0.4, 0.5) is 0 Å². The largest absolute Gasteiger partial charge is 0.375 e. The van der Waals surface area contributed by atoms with Gasteiger partial charge in [0, 0.05) is 50.7 Å². The highest BCUT2D eigenvalue weighted by atomic mass is 16.5. The smallest absolute Gasteiger partial charge is 0.0985 e. The fourth-order valence-electron chi connectivity index (χ4n) is 3.73. The van der Waals surface area contributed by atoms with Gasteiger partial charge in [0.2, 0.25) is 0 Å². The average molecular weight is 325 g/mol. The van der Waals surface area contributed by atoms with Gasteiger partial charge >= 0.3 is 0 Å². The number of pyridine rings is 2. The van der Waals surface area contributed by atoms with E-state index >= 15 is 0 Å². The second-order valence-corrected chi connectivity index (χ2v) is 6.74. The van der Waals surface area contributed by atoms with Crippen molar-refractivity contribution in [1.82, 2.24) is 14.9 Å². The molecule has 0 amide bonds. The Hall–Kier alpha value is -1.82. The molecule has 24 heavy (non-hydrogen) atoms. The van der Waals surface area contributed by atoms with E-state index in [0.29, 0.717) is 12.5 Å². The van der Waals surface area contributed by atoms with Crippen LogP contribution in [-0.2, 0) is 22.6 Å². The highest BCUT2D eigenvalue weighted by Gasteiger charge is 2.52. The molecule has 0 saturated carbocycles. The van der Waals surface area contributed by atoms with Crippen LogP contribution < -0.4 is 0 Å². The summed E-state index contributed by atoms with van der Waals surface area (Å²) in [6, 6.07) is 10.1. The molecule has 0 N–H and O–H groups in total. The van der Waals surface area contributed by atoms with Gasteiger partial charge in [-0.05, 0) is 36.2 Å². The Morgan fingerprint density at radius 3 is 2.83 bits per heavy atom. The van der Waals surface area contributed by atoms with E-state index in [-0.39, 0.29) is 5.60 Å². The number of hydrogen-bond acceptors (Lipinski definition) is 5. The molecule has 0 bridgehead atoms. The first-order valence-corrected chi connectivity index (χ1v) is 8.57. The van der Waals surface area contributed by atoms with Gasteiger partial charge in [-0.1, -0.05) is 6.07 Å². The molecule has 4 rings (SSSR count). The molecule has 2 aromatic rings. The Bertz CT molecular complexity index is 644. The topological polar surface area (TPSA) is 47.5 Å². The first kappa shape index (κ1) is 15.7. The molecule has 1 unspecified atom stereocenters. The second-order valence-electron chi connectivity index (χ2n) is 6.74. The zero-order valence-electron chi connectivity index (χ0n) is 13.8. The monoisotopic (exact) mass is 325 g/mol.